The van der Waals surface area contributed by atoms with E-state index >= 15 is 0 Å². The summed E-state index contributed by atoms with van der Waals surface area (Å²) in [6.07, 6.45) is 2.94. The fraction of sp³-hybridized carbons (Fsp3) is 0.400. The second-order valence-electron chi connectivity index (χ2n) is 5.00. The summed E-state index contributed by atoms with van der Waals surface area (Å²) in [6.45, 7) is 6.35. The molecule has 4 nitrogen and oxygen atoms in total. The van der Waals surface area contributed by atoms with Crippen LogP contribution in [0, 0.1) is 13.8 Å². The number of aromatic nitrogens is 2. The van der Waals surface area contributed by atoms with E-state index in [-0.39, 0.29) is 6.04 Å². The van der Waals surface area contributed by atoms with E-state index in [1.165, 1.54) is 16.7 Å². The predicted octanol–water partition coefficient (Wildman–Crippen LogP) is 2.15. The maximum Gasteiger partial charge on any atom is 0.0743 e. The lowest BCUT2D eigenvalue weighted by Crippen LogP contribution is -2.29. The smallest absolute Gasteiger partial charge is 0.0743 e. The van der Waals surface area contributed by atoms with Crippen molar-refractivity contribution in [1.82, 2.24) is 15.2 Å². The lowest BCUT2D eigenvalue weighted by atomic mass is 9.96. The van der Waals surface area contributed by atoms with Crippen LogP contribution in [-0.4, -0.2) is 9.78 Å². The first-order valence-electron chi connectivity index (χ1n) is 6.62. The van der Waals surface area contributed by atoms with E-state index in [9.17, 15) is 0 Å². The van der Waals surface area contributed by atoms with Crippen LogP contribution in [0.4, 0.5) is 0 Å². The van der Waals surface area contributed by atoms with Crippen LogP contribution in [0.15, 0.2) is 24.4 Å². The zero-order valence-corrected chi connectivity index (χ0v) is 12.1. The fourth-order valence-electron chi connectivity index (χ4n) is 2.38. The number of hydrogen-bond acceptors (Lipinski definition) is 3. The summed E-state index contributed by atoms with van der Waals surface area (Å²) in [4.78, 5) is 0. The number of hydrazine groups is 1. The first-order valence-corrected chi connectivity index (χ1v) is 6.62. The molecule has 1 heterocycles. The van der Waals surface area contributed by atoms with E-state index in [2.05, 4.69) is 49.5 Å². The number of nitrogens with zero attached hydrogens (tertiary/aromatic N) is 2. The third kappa shape index (κ3) is 2.69. The monoisotopic (exact) mass is 258 g/mol. The van der Waals surface area contributed by atoms with Crippen molar-refractivity contribution in [3.8, 4) is 0 Å². The van der Waals surface area contributed by atoms with Gasteiger partial charge in [0.2, 0.25) is 0 Å². The molecule has 1 unspecified atom stereocenters. The predicted molar refractivity (Wildman–Crippen MR) is 77.7 cm³/mol. The van der Waals surface area contributed by atoms with Crippen molar-refractivity contribution in [2.75, 3.05) is 0 Å². The van der Waals surface area contributed by atoms with E-state index in [1.807, 2.05) is 17.9 Å². The molecule has 0 bridgehead atoms. The summed E-state index contributed by atoms with van der Waals surface area (Å²) < 4.78 is 1.85. The van der Waals surface area contributed by atoms with Crippen LogP contribution in [0.25, 0.3) is 0 Å². The maximum atomic E-state index is 5.77. The minimum atomic E-state index is -0.0112. The lowest BCUT2D eigenvalue weighted by molar-refractivity contribution is 0.630. The highest BCUT2D eigenvalue weighted by molar-refractivity contribution is 5.37. The molecule has 1 aromatic heterocycles. The molecular formula is C15H22N4. The molecule has 3 N–H and O–H groups in total. The van der Waals surface area contributed by atoms with Crippen molar-refractivity contribution in [3.05, 3.63) is 52.3 Å². The molecule has 0 radical (unpaired) electrons. The van der Waals surface area contributed by atoms with Crippen molar-refractivity contribution in [1.29, 1.82) is 0 Å². The lowest BCUT2D eigenvalue weighted by Gasteiger charge is -2.17. The zero-order chi connectivity index (χ0) is 14.0. The number of nitrogens with two attached hydrogens (primary N) is 1. The number of benzene rings is 1. The minimum Gasteiger partial charge on any atom is -0.275 e. The molecule has 2 aromatic rings. The van der Waals surface area contributed by atoms with Gasteiger partial charge in [0.25, 0.3) is 0 Å². The summed E-state index contributed by atoms with van der Waals surface area (Å²) in [5.74, 6) is 5.77. The second kappa shape index (κ2) is 5.55. The van der Waals surface area contributed by atoms with Crippen LogP contribution in [0.5, 0.6) is 0 Å². The van der Waals surface area contributed by atoms with E-state index in [4.69, 9.17) is 5.84 Å². The molecule has 0 saturated heterocycles. The topological polar surface area (TPSA) is 55.9 Å². The summed E-state index contributed by atoms with van der Waals surface area (Å²) in [5.41, 5.74) is 8.90. The van der Waals surface area contributed by atoms with Gasteiger partial charge in [0.1, 0.15) is 0 Å². The van der Waals surface area contributed by atoms with Gasteiger partial charge in [0.05, 0.1) is 11.7 Å². The molecule has 2 rings (SSSR count). The Bertz CT molecular complexity index is 572. The average Bonchev–Trinajstić information content (AvgIpc) is 2.76. The third-order valence-electron chi connectivity index (χ3n) is 3.61. The zero-order valence-electron chi connectivity index (χ0n) is 12.1. The molecule has 0 amide bonds. The largest absolute Gasteiger partial charge is 0.275 e. The standard InChI is InChI=1S/C15H22N4/c1-5-14-13(9-19(4)18-14)15(17-16)12-7-6-10(2)11(3)8-12/h6-9,15,17H,5,16H2,1-4H3. The van der Waals surface area contributed by atoms with Crippen LogP contribution in [0.3, 0.4) is 0 Å². The maximum absolute atomic E-state index is 5.77. The van der Waals surface area contributed by atoms with Gasteiger partial charge in [-0.05, 0) is 37.0 Å². The highest BCUT2D eigenvalue weighted by atomic mass is 15.3. The molecule has 19 heavy (non-hydrogen) atoms. The van der Waals surface area contributed by atoms with Gasteiger partial charge in [-0.15, -0.1) is 0 Å². The molecule has 102 valence electrons. The molecule has 0 spiro atoms. The Kier molecular flexibility index (Phi) is 4.02. The van der Waals surface area contributed by atoms with Crippen LogP contribution in [0.1, 0.15) is 40.9 Å². The summed E-state index contributed by atoms with van der Waals surface area (Å²) in [6, 6.07) is 6.44. The molecule has 0 aliphatic carbocycles. The number of rotatable bonds is 4. The van der Waals surface area contributed by atoms with Crippen LogP contribution >= 0.6 is 0 Å². The van der Waals surface area contributed by atoms with Crippen molar-refractivity contribution in [2.45, 2.75) is 33.2 Å². The first kappa shape index (κ1) is 13.8. The Labute approximate surface area is 114 Å². The molecule has 1 atom stereocenters. The average molecular weight is 258 g/mol. The summed E-state index contributed by atoms with van der Waals surface area (Å²) in [5, 5.41) is 4.48. The van der Waals surface area contributed by atoms with Gasteiger partial charge in [-0.1, -0.05) is 25.1 Å². The van der Waals surface area contributed by atoms with Gasteiger partial charge in [-0.3, -0.25) is 10.5 Å². The van der Waals surface area contributed by atoms with E-state index < -0.39 is 0 Å². The molecule has 0 aliphatic heterocycles. The Morgan fingerprint density at radius 3 is 2.63 bits per heavy atom. The van der Waals surface area contributed by atoms with Crippen molar-refractivity contribution in [2.24, 2.45) is 12.9 Å². The van der Waals surface area contributed by atoms with Gasteiger partial charge in [-0.25, -0.2) is 5.43 Å². The van der Waals surface area contributed by atoms with Gasteiger partial charge in [0.15, 0.2) is 0 Å². The van der Waals surface area contributed by atoms with E-state index in [0.717, 1.165) is 17.7 Å². The van der Waals surface area contributed by atoms with Gasteiger partial charge < -0.3 is 0 Å². The quantitative estimate of drug-likeness (QED) is 0.652. The normalized spacial score (nSPS) is 12.7. The van der Waals surface area contributed by atoms with Crippen molar-refractivity contribution in [3.63, 3.8) is 0 Å². The highest BCUT2D eigenvalue weighted by Gasteiger charge is 2.18. The molecule has 0 saturated carbocycles. The summed E-state index contributed by atoms with van der Waals surface area (Å²) in [7, 11) is 1.94. The molecule has 0 fully saturated rings. The van der Waals surface area contributed by atoms with Crippen molar-refractivity contribution >= 4 is 0 Å². The molecular weight excluding hydrogens is 236 g/mol. The molecule has 4 heteroatoms. The van der Waals surface area contributed by atoms with Crippen LogP contribution in [0.2, 0.25) is 0 Å². The SMILES string of the molecule is CCc1nn(C)cc1C(NN)c1ccc(C)c(C)c1. The number of nitrogens with one attached hydrogen (secondary N) is 1. The fourth-order valence-corrected chi connectivity index (χ4v) is 2.38. The Hall–Kier alpha value is -1.65. The minimum absolute atomic E-state index is 0.0112. The van der Waals surface area contributed by atoms with Crippen LogP contribution < -0.4 is 11.3 Å². The van der Waals surface area contributed by atoms with Gasteiger partial charge in [0, 0.05) is 18.8 Å². The van der Waals surface area contributed by atoms with Crippen LogP contribution in [-0.2, 0) is 13.5 Å². The molecule has 0 aliphatic rings. The Balaban J connectivity index is 2.46. The Morgan fingerprint density at radius 2 is 2.05 bits per heavy atom. The van der Waals surface area contributed by atoms with Crippen molar-refractivity contribution < 1.29 is 0 Å². The number of hydrogen-bond donors (Lipinski definition) is 2. The van der Waals surface area contributed by atoms with E-state index in [1.54, 1.807) is 0 Å². The Morgan fingerprint density at radius 1 is 1.32 bits per heavy atom. The summed E-state index contributed by atoms with van der Waals surface area (Å²) >= 11 is 0. The van der Waals surface area contributed by atoms with Gasteiger partial charge >= 0.3 is 0 Å². The highest BCUT2D eigenvalue weighted by Crippen LogP contribution is 2.25. The molecule has 1 aromatic carbocycles. The first-order chi connectivity index (χ1) is 9.06. The number of aryl methyl sites for hydroxylation is 4. The van der Waals surface area contributed by atoms with Gasteiger partial charge in [-0.2, -0.15) is 5.10 Å². The van der Waals surface area contributed by atoms with E-state index in [0.29, 0.717) is 0 Å². The third-order valence-corrected chi connectivity index (χ3v) is 3.61. The second-order valence-corrected chi connectivity index (χ2v) is 5.00.